The normalized spacial score (nSPS) is 11.1. The number of hydrogen-bond donors (Lipinski definition) is 2. The number of carbonyl (C=O) groups is 1. The van der Waals surface area contributed by atoms with Gasteiger partial charge in [-0.2, -0.15) is 0 Å². The lowest BCUT2D eigenvalue weighted by molar-refractivity contribution is 0.252. The number of nitrogens with zero attached hydrogens (tertiary/aromatic N) is 3. The van der Waals surface area contributed by atoms with Crippen LogP contribution >= 0.6 is 0 Å². The molecule has 0 saturated carbocycles. The maximum atomic E-state index is 12.0. The number of hydrogen-bond acceptors (Lipinski definition) is 3. The summed E-state index contributed by atoms with van der Waals surface area (Å²) in [7, 11) is 0. The van der Waals surface area contributed by atoms with Gasteiger partial charge < -0.3 is 15.2 Å². The van der Waals surface area contributed by atoms with E-state index in [1.54, 1.807) is 0 Å². The molecule has 30 heavy (non-hydrogen) atoms. The number of amides is 2. The van der Waals surface area contributed by atoms with Crippen molar-refractivity contribution >= 4 is 33.7 Å². The van der Waals surface area contributed by atoms with Gasteiger partial charge in [0.15, 0.2) is 0 Å². The molecule has 0 spiro atoms. The first-order valence-electron chi connectivity index (χ1n) is 10.6. The second-order valence-corrected chi connectivity index (χ2v) is 7.39. The number of para-hydroxylation sites is 2. The topological polar surface area (TPSA) is 71.8 Å². The summed E-state index contributed by atoms with van der Waals surface area (Å²) in [6.45, 7) is 3.69. The van der Waals surface area contributed by atoms with E-state index >= 15 is 0 Å². The monoisotopic (exact) mass is 401 g/mol. The van der Waals surface area contributed by atoms with E-state index in [9.17, 15) is 4.79 Å². The lowest BCUT2D eigenvalue weighted by Gasteiger charge is -2.11. The number of fused-ring (bicyclic) bond motifs is 3. The predicted molar refractivity (Wildman–Crippen MR) is 122 cm³/mol. The smallest absolute Gasteiger partial charge is 0.319 e. The highest BCUT2D eigenvalue weighted by Crippen LogP contribution is 2.25. The molecular weight excluding hydrogens is 374 g/mol. The lowest BCUT2D eigenvalue weighted by Crippen LogP contribution is -2.29. The average molecular weight is 402 g/mol. The Hall–Kier alpha value is -3.41. The van der Waals surface area contributed by atoms with Crippen molar-refractivity contribution < 1.29 is 4.79 Å². The number of aryl methyl sites for hydroxylation is 2. The summed E-state index contributed by atoms with van der Waals surface area (Å²) in [5.74, 6) is 1.11. The number of pyridine rings is 1. The van der Waals surface area contributed by atoms with Crippen LogP contribution in [0, 0.1) is 0 Å². The van der Waals surface area contributed by atoms with Gasteiger partial charge in [-0.3, -0.25) is 4.98 Å². The molecule has 2 amide bonds. The summed E-state index contributed by atoms with van der Waals surface area (Å²) in [6.07, 6.45) is 5.74. The van der Waals surface area contributed by atoms with Gasteiger partial charge >= 0.3 is 6.03 Å². The molecule has 0 aliphatic carbocycles. The molecule has 0 saturated heterocycles. The molecule has 2 N–H and O–H groups in total. The molecule has 2 heterocycles. The summed E-state index contributed by atoms with van der Waals surface area (Å²) in [5, 5.41) is 6.92. The van der Waals surface area contributed by atoms with Gasteiger partial charge in [0.2, 0.25) is 0 Å². The number of anilines is 1. The Morgan fingerprint density at radius 3 is 2.63 bits per heavy atom. The van der Waals surface area contributed by atoms with E-state index in [0.717, 1.165) is 60.2 Å². The fourth-order valence-electron chi connectivity index (χ4n) is 3.76. The quantitative estimate of drug-likeness (QED) is 0.402. The van der Waals surface area contributed by atoms with Crippen molar-refractivity contribution in [2.75, 3.05) is 11.9 Å². The lowest BCUT2D eigenvalue weighted by atomic mass is 10.2. The third-order valence-corrected chi connectivity index (χ3v) is 5.16. The zero-order valence-electron chi connectivity index (χ0n) is 17.3. The van der Waals surface area contributed by atoms with E-state index in [4.69, 9.17) is 4.98 Å². The number of urea groups is 1. The number of benzene rings is 2. The Morgan fingerprint density at radius 2 is 1.80 bits per heavy atom. The SMILES string of the molecule is CCCc1nc2cnc3ccccc3c2n1CCCCNC(=O)Nc1ccccc1. The van der Waals surface area contributed by atoms with Crippen LogP contribution in [0.15, 0.2) is 60.8 Å². The van der Waals surface area contributed by atoms with E-state index in [0.29, 0.717) is 6.54 Å². The minimum absolute atomic E-state index is 0.168. The Bertz CT molecular complexity index is 1140. The molecule has 0 aliphatic rings. The third-order valence-electron chi connectivity index (χ3n) is 5.16. The maximum absolute atomic E-state index is 12.0. The minimum Gasteiger partial charge on any atom is -0.338 e. The predicted octanol–water partition coefficient (Wildman–Crippen LogP) is 5.14. The molecule has 2 aromatic carbocycles. The van der Waals surface area contributed by atoms with Crippen LogP contribution in [0.2, 0.25) is 0 Å². The van der Waals surface area contributed by atoms with E-state index < -0.39 is 0 Å². The molecule has 6 heteroatoms. The average Bonchev–Trinajstić information content (AvgIpc) is 3.12. The summed E-state index contributed by atoms with van der Waals surface area (Å²) >= 11 is 0. The number of unbranched alkanes of at least 4 members (excludes halogenated alkanes) is 1. The standard InChI is InChI=1S/C24H27N5O/c1-2-10-22-28-21-17-26-20-14-7-6-13-19(20)23(21)29(22)16-9-8-15-25-24(30)27-18-11-4-3-5-12-18/h3-7,11-14,17H,2,8-10,15-16H2,1H3,(H2,25,27,30). The molecule has 0 fully saturated rings. The first-order chi connectivity index (χ1) is 14.8. The molecule has 4 aromatic rings. The van der Waals surface area contributed by atoms with Crippen molar-refractivity contribution in [1.29, 1.82) is 0 Å². The van der Waals surface area contributed by atoms with Crippen LogP contribution in [-0.4, -0.2) is 27.1 Å². The van der Waals surface area contributed by atoms with Crippen molar-refractivity contribution in [2.24, 2.45) is 0 Å². The third kappa shape index (κ3) is 4.43. The number of aromatic nitrogens is 3. The number of carbonyl (C=O) groups excluding carboxylic acids is 1. The van der Waals surface area contributed by atoms with Gasteiger partial charge in [-0.25, -0.2) is 9.78 Å². The van der Waals surface area contributed by atoms with Gasteiger partial charge in [0.05, 0.1) is 17.2 Å². The summed E-state index contributed by atoms with van der Waals surface area (Å²) in [6, 6.07) is 17.5. The van der Waals surface area contributed by atoms with Gasteiger partial charge in [0.1, 0.15) is 11.3 Å². The molecule has 154 valence electrons. The van der Waals surface area contributed by atoms with Gasteiger partial charge in [-0.05, 0) is 37.5 Å². The number of imidazole rings is 1. The summed E-state index contributed by atoms with van der Waals surface area (Å²) in [4.78, 5) is 21.4. The Balaban J connectivity index is 1.40. The van der Waals surface area contributed by atoms with Crippen LogP contribution in [0.5, 0.6) is 0 Å². The number of nitrogens with one attached hydrogen (secondary N) is 2. The van der Waals surface area contributed by atoms with E-state index in [-0.39, 0.29) is 6.03 Å². The van der Waals surface area contributed by atoms with Crippen molar-refractivity contribution in [2.45, 2.75) is 39.2 Å². The molecule has 4 rings (SSSR count). The zero-order chi connectivity index (χ0) is 20.8. The van der Waals surface area contributed by atoms with Crippen LogP contribution in [0.1, 0.15) is 32.0 Å². The van der Waals surface area contributed by atoms with E-state index in [2.05, 4.69) is 39.2 Å². The molecule has 0 atom stereocenters. The Labute approximate surface area is 176 Å². The van der Waals surface area contributed by atoms with E-state index in [1.165, 1.54) is 5.52 Å². The number of rotatable bonds is 8. The summed E-state index contributed by atoms with van der Waals surface area (Å²) < 4.78 is 2.34. The van der Waals surface area contributed by atoms with Crippen LogP contribution in [0.25, 0.3) is 21.9 Å². The van der Waals surface area contributed by atoms with Gasteiger partial charge in [0.25, 0.3) is 0 Å². The molecule has 2 aromatic heterocycles. The van der Waals surface area contributed by atoms with Crippen LogP contribution < -0.4 is 10.6 Å². The highest BCUT2D eigenvalue weighted by molar-refractivity contribution is 6.02. The second kappa shape index (κ2) is 9.39. The molecule has 0 radical (unpaired) electrons. The van der Waals surface area contributed by atoms with Gasteiger partial charge in [-0.15, -0.1) is 0 Å². The molecule has 0 unspecified atom stereocenters. The van der Waals surface area contributed by atoms with E-state index in [1.807, 2.05) is 48.7 Å². The first-order valence-corrected chi connectivity index (χ1v) is 10.6. The van der Waals surface area contributed by atoms with Gasteiger partial charge in [0, 0.05) is 30.6 Å². The fourth-order valence-corrected chi connectivity index (χ4v) is 3.76. The van der Waals surface area contributed by atoms with Crippen molar-refractivity contribution in [1.82, 2.24) is 19.9 Å². The van der Waals surface area contributed by atoms with Crippen molar-refractivity contribution in [3.05, 3.63) is 66.6 Å². The second-order valence-electron chi connectivity index (χ2n) is 7.39. The summed E-state index contributed by atoms with van der Waals surface area (Å²) in [5.41, 5.74) is 3.91. The van der Waals surface area contributed by atoms with Crippen LogP contribution in [0.4, 0.5) is 10.5 Å². The zero-order valence-corrected chi connectivity index (χ0v) is 17.3. The molecule has 0 aliphatic heterocycles. The first kappa shape index (κ1) is 19.9. The highest BCUT2D eigenvalue weighted by Gasteiger charge is 2.13. The Kier molecular flexibility index (Phi) is 6.23. The molecule has 6 nitrogen and oxygen atoms in total. The largest absolute Gasteiger partial charge is 0.338 e. The minimum atomic E-state index is -0.168. The van der Waals surface area contributed by atoms with Crippen molar-refractivity contribution in [3.63, 3.8) is 0 Å². The van der Waals surface area contributed by atoms with Crippen LogP contribution in [0.3, 0.4) is 0 Å². The molecular formula is C24H27N5O. The van der Waals surface area contributed by atoms with Gasteiger partial charge in [-0.1, -0.05) is 43.3 Å². The van der Waals surface area contributed by atoms with Crippen molar-refractivity contribution in [3.8, 4) is 0 Å². The maximum Gasteiger partial charge on any atom is 0.319 e. The highest BCUT2D eigenvalue weighted by atomic mass is 16.2. The molecule has 0 bridgehead atoms. The van der Waals surface area contributed by atoms with Crippen LogP contribution in [-0.2, 0) is 13.0 Å². The fraction of sp³-hybridized carbons (Fsp3) is 0.292. The Morgan fingerprint density at radius 1 is 1.00 bits per heavy atom.